The van der Waals surface area contributed by atoms with Gasteiger partial charge in [-0.2, -0.15) is 0 Å². The van der Waals surface area contributed by atoms with Crippen LogP contribution in [0.5, 0.6) is 0 Å². The second-order valence-electron chi connectivity index (χ2n) is 4.07. The standard InChI is InChI=1S/C12H15N5OS/c1-7-3-4-10(19-7)8(2)16-12(18)9-5-15-11(17-13)6-14-9/h3-6,8H,13H2,1-2H3,(H,15,17)(H,16,18). The highest BCUT2D eigenvalue weighted by atomic mass is 32.1. The Balaban J connectivity index is 2.03. The number of carbonyl (C=O) groups excluding carboxylic acids is 1. The first-order valence-corrected chi connectivity index (χ1v) is 6.57. The van der Waals surface area contributed by atoms with Gasteiger partial charge >= 0.3 is 0 Å². The number of aryl methyl sites for hydroxylation is 1. The number of nitrogen functional groups attached to an aromatic ring is 1. The topological polar surface area (TPSA) is 92.9 Å². The third kappa shape index (κ3) is 3.27. The van der Waals surface area contributed by atoms with E-state index in [9.17, 15) is 4.79 Å². The second-order valence-corrected chi connectivity index (χ2v) is 5.39. The predicted octanol–water partition coefficient (Wildman–Crippen LogP) is 1.62. The molecule has 0 saturated heterocycles. The van der Waals surface area contributed by atoms with Crippen molar-refractivity contribution in [1.82, 2.24) is 15.3 Å². The van der Waals surface area contributed by atoms with Crippen LogP contribution < -0.4 is 16.6 Å². The summed E-state index contributed by atoms with van der Waals surface area (Å²) in [6.07, 6.45) is 2.80. The fraction of sp³-hybridized carbons (Fsp3) is 0.250. The predicted molar refractivity (Wildman–Crippen MR) is 74.8 cm³/mol. The molecule has 0 aliphatic rings. The van der Waals surface area contributed by atoms with Crippen LogP contribution in [-0.2, 0) is 0 Å². The summed E-state index contributed by atoms with van der Waals surface area (Å²) in [7, 11) is 0. The molecule has 0 fully saturated rings. The zero-order valence-corrected chi connectivity index (χ0v) is 11.5. The quantitative estimate of drug-likeness (QED) is 0.583. The number of rotatable bonds is 4. The van der Waals surface area contributed by atoms with Crippen molar-refractivity contribution in [2.45, 2.75) is 19.9 Å². The van der Waals surface area contributed by atoms with Crippen molar-refractivity contribution in [2.24, 2.45) is 5.84 Å². The number of hydrogen-bond donors (Lipinski definition) is 3. The van der Waals surface area contributed by atoms with Crippen LogP contribution in [0.2, 0.25) is 0 Å². The molecule has 1 atom stereocenters. The molecular weight excluding hydrogens is 262 g/mol. The number of nitrogens with one attached hydrogen (secondary N) is 2. The van der Waals surface area contributed by atoms with E-state index in [1.165, 1.54) is 17.3 Å². The molecule has 0 saturated carbocycles. The van der Waals surface area contributed by atoms with Crippen molar-refractivity contribution >= 4 is 23.1 Å². The lowest BCUT2D eigenvalue weighted by Gasteiger charge is -2.11. The fourth-order valence-electron chi connectivity index (χ4n) is 1.55. The summed E-state index contributed by atoms with van der Waals surface area (Å²) in [6.45, 7) is 3.97. The first kappa shape index (κ1) is 13.4. The molecule has 19 heavy (non-hydrogen) atoms. The highest BCUT2D eigenvalue weighted by Gasteiger charge is 2.14. The van der Waals surface area contributed by atoms with Gasteiger partial charge in [0, 0.05) is 9.75 Å². The van der Waals surface area contributed by atoms with E-state index in [0.717, 1.165) is 4.88 Å². The second kappa shape index (κ2) is 5.77. The van der Waals surface area contributed by atoms with Gasteiger partial charge in [-0.1, -0.05) is 0 Å². The van der Waals surface area contributed by atoms with Crippen LogP contribution in [0, 0.1) is 6.92 Å². The molecule has 0 aliphatic carbocycles. The maximum Gasteiger partial charge on any atom is 0.271 e. The lowest BCUT2D eigenvalue weighted by molar-refractivity contribution is 0.0935. The van der Waals surface area contributed by atoms with Gasteiger partial charge in [0.25, 0.3) is 5.91 Å². The molecule has 100 valence electrons. The van der Waals surface area contributed by atoms with Gasteiger partial charge in [-0.15, -0.1) is 11.3 Å². The molecule has 2 aromatic rings. The normalized spacial score (nSPS) is 11.9. The van der Waals surface area contributed by atoms with Gasteiger partial charge in [0.15, 0.2) is 5.82 Å². The van der Waals surface area contributed by atoms with E-state index in [4.69, 9.17) is 5.84 Å². The summed E-state index contributed by atoms with van der Waals surface area (Å²) in [4.78, 5) is 22.2. The Bertz CT molecular complexity index is 566. The maximum atomic E-state index is 12.0. The number of aromatic nitrogens is 2. The first-order valence-electron chi connectivity index (χ1n) is 5.76. The average molecular weight is 277 g/mol. The van der Waals surface area contributed by atoms with Gasteiger partial charge in [0.1, 0.15) is 5.69 Å². The zero-order valence-electron chi connectivity index (χ0n) is 10.7. The molecule has 0 bridgehead atoms. The van der Waals surface area contributed by atoms with Crippen LogP contribution >= 0.6 is 11.3 Å². The van der Waals surface area contributed by atoms with Crippen LogP contribution in [0.3, 0.4) is 0 Å². The Morgan fingerprint density at radius 1 is 1.37 bits per heavy atom. The molecule has 2 rings (SSSR count). The summed E-state index contributed by atoms with van der Waals surface area (Å²) in [5.41, 5.74) is 2.62. The van der Waals surface area contributed by atoms with Gasteiger partial charge in [-0.3, -0.25) is 4.79 Å². The summed E-state index contributed by atoms with van der Waals surface area (Å²) < 4.78 is 0. The summed E-state index contributed by atoms with van der Waals surface area (Å²) >= 11 is 1.66. The Labute approximate surface area is 115 Å². The van der Waals surface area contributed by atoms with Crippen molar-refractivity contribution in [3.8, 4) is 0 Å². The van der Waals surface area contributed by atoms with Crippen LogP contribution in [0.1, 0.15) is 33.2 Å². The van der Waals surface area contributed by atoms with Crippen molar-refractivity contribution in [3.63, 3.8) is 0 Å². The lowest BCUT2D eigenvalue weighted by Crippen LogP contribution is -2.27. The number of thiophene rings is 1. The van der Waals surface area contributed by atoms with Gasteiger partial charge < -0.3 is 10.7 Å². The number of nitrogens with two attached hydrogens (primary N) is 1. The van der Waals surface area contributed by atoms with Crippen molar-refractivity contribution in [2.75, 3.05) is 5.43 Å². The van der Waals surface area contributed by atoms with Gasteiger partial charge in [0.05, 0.1) is 18.4 Å². The monoisotopic (exact) mass is 277 g/mol. The minimum absolute atomic E-state index is 0.0553. The van der Waals surface area contributed by atoms with E-state index in [-0.39, 0.29) is 17.6 Å². The Morgan fingerprint density at radius 2 is 2.16 bits per heavy atom. The average Bonchev–Trinajstić information content (AvgIpc) is 2.85. The molecule has 0 spiro atoms. The third-order valence-corrected chi connectivity index (χ3v) is 3.75. The van der Waals surface area contributed by atoms with E-state index in [1.54, 1.807) is 11.3 Å². The van der Waals surface area contributed by atoms with Crippen LogP contribution in [0.15, 0.2) is 24.5 Å². The molecule has 6 nitrogen and oxygen atoms in total. The van der Waals surface area contributed by atoms with Crippen LogP contribution in [0.25, 0.3) is 0 Å². The minimum atomic E-state index is -0.255. The zero-order chi connectivity index (χ0) is 13.8. The van der Waals surface area contributed by atoms with Crippen molar-refractivity contribution in [3.05, 3.63) is 40.0 Å². The molecule has 0 aromatic carbocycles. The number of nitrogens with zero attached hydrogens (tertiary/aromatic N) is 2. The van der Waals surface area contributed by atoms with Gasteiger partial charge in [0.2, 0.25) is 0 Å². The van der Waals surface area contributed by atoms with Gasteiger partial charge in [-0.25, -0.2) is 15.8 Å². The van der Waals surface area contributed by atoms with Gasteiger partial charge in [-0.05, 0) is 26.0 Å². The molecule has 2 heterocycles. The highest BCUT2D eigenvalue weighted by molar-refractivity contribution is 7.12. The SMILES string of the molecule is Cc1ccc(C(C)NC(=O)c2cnc(NN)cn2)s1. The Hall–Kier alpha value is -1.99. The fourth-order valence-corrected chi connectivity index (χ4v) is 2.43. The molecule has 0 radical (unpaired) electrons. The smallest absolute Gasteiger partial charge is 0.271 e. The molecular formula is C12H15N5OS. The number of amides is 1. The Morgan fingerprint density at radius 3 is 2.68 bits per heavy atom. The molecule has 0 aliphatic heterocycles. The summed E-state index contributed by atoms with van der Waals surface area (Å²) in [5.74, 6) is 5.34. The third-order valence-electron chi connectivity index (χ3n) is 2.57. The number of hydrazine groups is 1. The minimum Gasteiger partial charge on any atom is -0.343 e. The van der Waals surface area contributed by atoms with E-state index >= 15 is 0 Å². The molecule has 1 amide bonds. The van der Waals surface area contributed by atoms with Crippen molar-refractivity contribution < 1.29 is 4.79 Å². The van der Waals surface area contributed by atoms with E-state index < -0.39 is 0 Å². The molecule has 7 heteroatoms. The number of hydrogen-bond acceptors (Lipinski definition) is 6. The largest absolute Gasteiger partial charge is 0.343 e. The molecule has 1 unspecified atom stereocenters. The molecule has 2 aromatic heterocycles. The molecule has 4 N–H and O–H groups in total. The summed E-state index contributed by atoms with van der Waals surface area (Å²) in [5, 5.41) is 2.88. The van der Waals surface area contributed by atoms with E-state index in [2.05, 4.69) is 20.7 Å². The number of anilines is 1. The lowest BCUT2D eigenvalue weighted by atomic mass is 10.2. The Kier molecular flexibility index (Phi) is 4.08. The van der Waals surface area contributed by atoms with E-state index in [1.807, 2.05) is 26.0 Å². The summed E-state index contributed by atoms with van der Waals surface area (Å²) in [6, 6.07) is 3.99. The maximum absolute atomic E-state index is 12.0. The van der Waals surface area contributed by atoms with Crippen LogP contribution in [-0.4, -0.2) is 15.9 Å². The van der Waals surface area contributed by atoms with E-state index in [0.29, 0.717) is 5.82 Å². The first-order chi connectivity index (χ1) is 9.10. The highest BCUT2D eigenvalue weighted by Crippen LogP contribution is 2.22. The van der Waals surface area contributed by atoms with Crippen LogP contribution in [0.4, 0.5) is 5.82 Å². The number of carbonyl (C=O) groups is 1. The van der Waals surface area contributed by atoms with Crippen molar-refractivity contribution in [1.29, 1.82) is 0 Å².